The molecule has 3 aromatic rings. The molecular formula is C16H15N3O2. The molecule has 1 amide bonds. The van der Waals surface area contributed by atoms with Crippen molar-refractivity contribution >= 4 is 22.7 Å². The van der Waals surface area contributed by atoms with Crippen LogP contribution in [0.5, 0.6) is 0 Å². The average molecular weight is 281 g/mol. The molecule has 1 N–H and O–H groups in total. The Morgan fingerprint density at radius 3 is 2.67 bits per heavy atom. The summed E-state index contributed by atoms with van der Waals surface area (Å²) in [5.41, 5.74) is 2.97. The Hall–Kier alpha value is -2.69. The molecule has 2 heterocycles. The van der Waals surface area contributed by atoms with E-state index in [9.17, 15) is 4.79 Å². The maximum atomic E-state index is 11.7. The van der Waals surface area contributed by atoms with E-state index in [-0.39, 0.29) is 11.8 Å². The summed E-state index contributed by atoms with van der Waals surface area (Å²) in [5.74, 6) is 0.450. The van der Waals surface area contributed by atoms with E-state index in [4.69, 9.17) is 4.42 Å². The maximum Gasteiger partial charge on any atom is 0.227 e. The van der Waals surface area contributed by atoms with Gasteiger partial charge in [-0.15, -0.1) is 0 Å². The normalized spacial score (nSPS) is 11.0. The van der Waals surface area contributed by atoms with Crippen LogP contribution in [0.15, 0.2) is 47.1 Å². The van der Waals surface area contributed by atoms with Gasteiger partial charge in [-0.2, -0.15) is 0 Å². The Bertz CT molecular complexity index is 779. The molecule has 0 saturated heterocycles. The highest BCUT2D eigenvalue weighted by Gasteiger charge is 2.11. The number of carbonyl (C=O) groups is 1. The number of anilines is 1. The van der Waals surface area contributed by atoms with Crippen LogP contribution in [-0.2, 0) is 4.79 Å². The Morgan fingerprint density at radius 1 is 1.19 bits per heavy atom. The Morgan fingerprint density at radius 2 is 1.95 bits per heavy atom. The number of hydrogen-bond acceptors (Lipinski definition) is 4. The van der Waals surface area contributed by atoms with Gasteiger partial charge in [0, 0.05) is 35.6 Å². The van der Waals surface area contributed by atoms with E-state index in [1.54, 1.807) is 18.5 Å². The summed E-state index contributed by atoms with van der Waals surface area (Å²) in [5, 5.41) is 2.85. The third kappa shape index (κ3) is 2.76. The highest BCUT2D eigenvalue weighted by Crippen LogP contribution is 2.26. The molecule has 0 unspecified atom stereocenters. The van der Waals surface area contributed by atoms with Gasteiger partial charge in [-0.1, -0.05) is 13.8 Å². The number of pyridine rings is 1. The van der Waals surface area contributed by atoms with Crippen LogP contribution >= 0.6 is 0 Å². The number of aromatic nitrogens is 2. The fraction of sp³-hybridized carbons (Fsp3) is 0.188. The Labute approximate surface area is 122 Å². The first-order valence-electron chi connectivity index (χ1n) is 6.75. The number of benzene rings is 1. The molecule has 0 aliphatic heterocycles. The minimum atomic E-state index is -0.0668. The minimum Gasteiger partial charge on any atom is -0.436 e. The lowest BCUT2D eigenvalue weighted by Gasteiger charge is -2.06. The number of hydrogen-bond donors (Lipinski definition) is 1. The van der Waals surface area contributed by atoms with Crippen LogP contribution in [0.2, 0.25) is 0 Å². The van der Waals surface area contributed by atoms with E-state index in [0.29, 0.717) is 17.2 Å². The lowest BCUT2D eigenvalue weighted by atomic mass is 10.2. The fourth-order valence-electron chi connectivity index (χ4n) is 1.91. The van der Waals surface area contributed by atoms with Gasteiger partial charge in [0.1, 0.15) is 5.52 Å². The second kappa shape index (κ2) is 5.36. The van der Waals surface area contributed by atoms with Crippen molar-refractivity contribution in [2.24, 2.45) is 5.92 Å². The van der Waals surface area contributed by atoms with Crippen molar-refractivity contribution in [1.29, 1.82) is 0 Å². The second-order valence-corrected chi connectivity index (χ2v) is 5.08. The number of nitrogens with one attached hydrogen (secondary N) is 1. The number of nitrogens with zero attached hydrogens (tertiary/aromatic N) is 2. The van der Waals surface area contributed by atoms with Crippen molar-refractivity contribution in [3.8, 4) is 11.5 Å². The van der Waals surface area contributed by atoms with Gasteiger partial charge in [-0.25, -0.2) is 4.98 Å². The third-order valence-electron chi connectivity index (χ3n) is 3.11. The van der Waals surface area contributed by atoms with E-state index in [1.165, 1.54) is 0 Å². The molecular weight excluding hydrogens is 266 g/mol. The molecule has 0 radical (unpaired) electrons. The summed E-state index contributed by atoms with van der Waals surface area (Å²) in [7, 11) is 0. The number of rotatable bonds is 3. The zero-order valence-corrected chi connectivity index (χ0v) is 11.8. The topological polar surface area (TPSA) is 68.0 Å². The van der Waals surface area contributed by atoms with Gasteiger partial charge in [0.25, 0.3) is 0 Å². The van der Waals surface area contributed by atoms with Crippen LogP contribution in [0, 0.1) is 5.92 Å². The molecule has 0 aliphatic rings. The van der Waals surface area contributed by atoms with Crippen molar-refractivity contribution < 1.29 is 9.21 Å². The first-order valence-corrected chi connectivity index (χ1v) is 6.75. The largest absolute Gasteiger partial charge is 0.436 e. The monoisotopic (exact) mass is 281 g/mol. The summed E-state index contributed by atoms with van der Waals surface area (Å²) in [6.07, 6.45) is 3.39. The van der Waals surface area contributed by atoms with Crippen LogP contribution in [0.25, 0.3) is 22.6 Å². The standard InChI is InChI=1S/C16H15N3O2/c1-10(2)15(20)18-12-3-4-13-14(9-12)21-16(19-13)11-5-7-17-8-6-11/h3-10H,1-2H3,(H,18,20). The average Bonchev–Trinajstić information content (AvgIpc) is 2.91. The van der Waals surface area contributed by atoms with Crippen LogP contribution in [0.4, 0.5) is 5.69 Å². The molecule has 3 rings (SSSR count). The molecule has 106 valence electrons. The SMILES string of the molecule is CC(C)C(=O)Nc1ccc2nc(-c3ccncc3)oc2c1. The molecule has 1 aromatic carbocycles. The number of fused-ring (bicyclic) bond motifs is 1. The van der Waals surface area contributed by atoms with Gasteiger partial charge in [0.2, 0.25) is 11.8 Å². The fourth-order valence-corrected chi connectivity index (χ4v) is 1.91. The van der Waals surface area contributed by atoms with Crippen molar-refractivity contribution in [3.05, 3.63) is 42.7 Å². The predicted molar refractivity (Wildman–Crippen MR) is 80.7 cm³/mol. The summed E-state index contributed by atoms with van der Waals surface area (Å²) in [6, 6.07) is 9.12. The zero-order valence-electron chi connectivity index (χ0n) is 11.8. The number of carbonyl (C=O) groups excluding carboxylic acids is 1. The predicted octanol–water partition coefficient (Wildman–Crippen LogP) is 3.48. The van der Waals surface area contributed by atoms with Gasteiger partial charge in [0.05, 0.1) is 0 Å². The van der Waals surface area contributed by atoms with Gasteiger partial charge in [-0.3, -0.25) is 9.78 Å². The van der Waals surface area contributed by atoms with Crippen LogP contribution < -0.4 is 5.32 Å². The lowest BCUT2D eigenvalue weighted by molar-refractivity contribution is -0.118. The van der Waals surface area contributed by atoms with Crippen LogP contribution in [0.3, 0.4) is 0 Å². The lowest BCUT2D eigenvalue weighted by Crippen LogP contribution is -2.17. The smallest absolute Gasteiger partial charge is 0.227 e. The third-order valence-corrected chi connectivity index (χ3v) is 3.11. The van der Waals surface area contributed by atoms with Gasteiger partial charge in [-0.05, 0) is 24.3 Å². The minimum absolute atomic E-state index is 0.0248. The highest BCUT2D eigenvalue weighted by atomic mass is 16.3. The first-order chi connectivity index (χ1) is 10.1. The van der Waals surface area contributed by atoms with Crippen molar-refractivity contribution in [1.82, 2.24) is 9.97 Å². The van der Waals surface area contributed by atoms with Gasteiger partial charge >= 0.3 is 0 Å². The highest BCUT2D eigenvalue weighted by molar-refractivity contribution is 5.94. The molecule has 0 spiro atoms. The zero-order chi connectivity index (χ0) is 14.8. The summed E-state index contributed by atoms with van der Waals surface area (Å²) in [6.45, 7) is 3.70. The second-order valence-electron chi connectivity index (χ2n) is 5.08. The maximum absolute atomic E-state index is 11.7. The van der Waals surface area contributed by atoms with Crippen LogP contribution in [0.1, 0.15) is 13.8 Å². The summed E-state index contributed by atoms with van der Waals surface area (Å²) in [4.78, 5) is 20.1. The number of amides is 1. The first kappa shape index (κ1) is 13.3. The van der Waals surface area contributed by atoms with E-state index in [1.807, 2.05) is 38.1 Å². The molecule has 0 bridgehead atoms. The summed E-state index contributed by atoms with van der Waals surface area (Å²) >= 11 is 0. The van der Waals surface area contributed by atoms with E-state index < -0.39 is 0 Å². The van der Waals surface area contributed by atoms with Gasteiger partial charge < -0.3 is 9.73 Å². The molecule has 0 saturated carbocycles. The number of oxazole rings is 1. The molecule has 21 heavy (non-hydrogen) atoms. The molecule has 5 heteroatoms. The summed E-state index contributed by atoms with van der Waals surface area (Å²) < 4.78 is 5.75. The van der Waals surface area contributed by atoms with Crippen molar-refractivity contribution in [2.45, 2.75) is 13.8 Å². The molecule has 0 aliphatic carbocycles. The quantitative estimate of drug-likeness (QED) is 0.798. The van der Waals surface area contributed by atoms with E-state index in [2.05, 4.69) is 15.3 Å². The molecule has 2 aromatic heterocycles. The Kier molecular flexibility index (Phi) is 3.39. The van der Waals surface area contributed by atoms with E-state index in [0.717, 1.165) is 11.1 Å². The van der Waals surface area contributed by atoms with E-state index >= 15 is 0 Å². The Balaban J connectivity index is 1.94. The van der Waals surface area contributed by atoms with Crippen molar-refractivity contribution in [3.63, 3.8) is 0 Å². The van der Waals surface area contributed by atoms with Crippen LogP contribution in [-0.4, -0.2) is 15.9 Å². The van der Waals surface area contributed by atoms with Gasteiger partial charge in [0.15, 0.2) is 5.58 Å². The molecule has 5 nitrogen and oxygen atoms in total. The molecule has 0 atom stereocenters. The van der Waals surface area contributed by atoms with Crippen molar-refractivity contribution in [2.75, 3.05) is 5.32 Å². The molecule has 0 fully saturated rings.